The summed E-state index contributed by atoms with van der Waals surface area (Å²) in [5.41, 5.74) is 1.76. The summed E-state index contributed by atoms with van der Waals surface area (Å²) in [5, 5.41) is 4.48. The summed E-state index contributed by atoms with van der Waals surface area (Å²) < 4.78 is 28.8. The smallest absolute Gasteiger partial charge is 0.263 e. The summed E-state index contributed by atoms with van der Waals surface area (Å²) >= 11 is 0. The number of H-pyrrole nitrogens is 1. The van der Waals surface area contributed by atoms with Crippen molar-refractivity contribution in [3.63, 3.8) is 0 Å². The number of hydrogen-bond donors (Lipinski definition) is 1. The van der Waals surface area contributed by atoms with Gasteiger partial charge in [-0.15, -0.1) is 0 Å². The monoisotopic (exact) mass is 345 g/mol. The highest BCUT2D eigenvalue weighted by atomic mass is 19.2. The van der Waals surface area contributed by atoms with Crippen LogP contribution < -0.4 is 10.5 Å². The van der Waals surface area contributed by atoms with Crippen LogP contribution in [0.4, 0.5) is 14.7 Å². The SMILES string of the molecule is CC[C@@H]1c2cc(F)c(F)cc2CCN1c1nc2c(cnn2C)c(=O)[nH]1. The lowest BCUT2D eigenvalue weighted by Gasteiger charge is -2.37. The minimum absolute atomic E-state index is 0.187. The molecule has 3 aromatic rings. The Morgan fingerprint density at radius 1 is 1.32 bits per heavy atom. The van der Waals surface area contributed by atoms with Crippen LogP contribution in [-0.4, -0.2) is 26.3 Å². The molecule has 3 heterocycles. The highest BCUT2D eigenvalue weighted by Crippen LogP contribution is 2.35. The second-order valence-corrected chi connectivity index (χ2v) is 6.23. The fourth-order valence-electron chi connectivity index (χ4n) is 3.55. The second kappa shape index (κ2) is 5.65. The third-order valence-electron chi connectivity index (χ3n) is 4.79. The van der Waals surface area contributed by atoms with E-state index in [0.29, 0.717) is 36.4 Å². The molecule has 25 heavy (non-hydrogen) atoms. The van der Waals surface area contributed by atoms with Gasteiger partial charge in [0.25, 0.3) is 5.56 Å². The van der Waals surface area contributed by atoms with Gasteiger partial charge >= 0.3 is 0 Å². The molecule has 8 heteroatoms. The van der Waals surface area contributed by atoms with Gasteiger partial charge in [-0.3, -0.25) is 14.5 Å². The van der Waals surface area contributed by atoms with Crippen LogP contribution in [-0.2, 0) is 13.5 Å². The van der Waals surface area contributed by atoms with E-state index in [-0.39, 0.29) is 11.6 Å². The van der Waals surface area contributed by atoms with Gasteiger partial charge in [-0.1, -0.05) is 6.92 Å². The van der Waals surface area contributed by atoms with E-state index in [4.69, 9.17) is 0 Å². The molecule has 0 fully saturated rings. The lowest BCUT2D eigenvalue weighted by Crippen LogP contribution is -2.37. The van der Waals surface area contributed by atoms with E-state index in [1.54, 1.807) is 11.7 Å². The first-order chi connectivity index (χ1) is 12.0. The molecule has 0 spiro atoms. The number of rotatable bonds is 2. The number of halogens is 2. The number of nitrogens with one attached hydrogen (secondary N) is 1. The van der Waals surface area contributed by atoms with Crippen LogP contribution in [0.25, 0.3) is 11.0 Å². The molecule has 1 N–H and O–H groups in total. The van der Waals surface area contributed by atoms with E-state index < -0.39 is 11.6 Å². The quantitative estimate of drug-likeness (QED) is 0.775. The van der Waals surface area contributed by atoms with Gasteiger partial charge in [-0.05, 0) is 36.1 Å². The molecule has 0 unspecified atom stereocenters. The normalized spacial score (nSPS) is 17.1. The molecular formula is C17H17F2N5O. The number of benzene rings is 1. The number of fused-ring (bicyclic) bond motifs is 2. The number of aromatic nitrogens is 4. The van der Waals surface area contributed by atoms with Gasteiger partial charge in [-0.25, -0.2) is 8.78 Å². The summed E-state index contributed by atoms with van der Waals surface area (Å²) in [4.78, 5) is 21.6. The third-order valence-corrected chi connectivity index (χ3v) is 4.79. The minimum Gasteiger partial charge on any atom is -0.335 e. The van der Waals surface area contributed by atoms with Gasteiger partial charge in [0.2, 0.25) is 5.95 Å². The van der Waals surface area contributed by atoms with Crippen molar-refractivity contribution in [1.29, 1.82) is 0 Å². The van der Waals surface area contributed by atoms with Gasteiger partial charge < -0.3 is 4.90 Å². The van der Waals surface area contributed by atoms with Crippen molar-refractivity contribution in [2.45, 2.75) is 25.8 Å². The molecule has 1 aliphatic rings. The maximum absolute atomic E-state index is 13.8. The Kier molecular flexibility index (Phi) is 3.55. The number of aryl methyl sites for hydroxylation is 1. The summed E-state index contributed by atoms with van der Waals surface area (Å²) in [5.74, 6) is -1.27. The molecule has 0 radical (unpaired) electrons. The van der Waals surface area contributed by atoms with Crippen molar-refractivity contribution in [3.05, 3.63) is 51.4 Å². The zero-order valence-electron chi connectivity index (χ0n) is 13.9. The first-order valence-electron chi connectivity index (χ1n) is 8.16. The molecule has 1 aromatic carbocycles. The summed E-state index contributed by atoms with van der Waals surface area (Å²) in [7, 11) is 1.72. The molecule has 2 aromatic heterocycles. The minimum atomic E-state index is -0.859. The van der Waals surface area contributed by atoms with Crippen LogP contribution >= 0.6 is 0 Å². The van der Waals surface area contributed by atoms with Crippen LogP contribution in [0.3, 0.4) is 0 Å². The Hall–Kier alpha value is -2.77. The Balaban J connectivity index is 1.84. The van der Waals surface area contributed by atoms with E-state index >= 15 is 0 Å². The van der Waals surface area contributed by atoms with Gasteiger partial charge in [0.1, 0.15) is 5.39 Å². The predicted octanol–water partition coefficient (Wildman–Crippen LogP) is 2.45. The van der Waals surface area contributed by atoms with E-state index in [0.717, 1.165) is 11.1 Å². The zero-order valence-corrected chi connectivity index (χ0v) is 13.9. The average Bonchev–Trinajstić information content (AvgIpc) is 2.97. The van der Waals surface area contributed by atoms with E-state index in [9.17, 15) is 13.6 Å². The fourth-order valence-corrected chi connectivity index (χ4v) is 3.55. The van der Waals surface area contributed by atoms with E-state index in [1.807, 2.05) is 11.8 Å². The van der Waals surface area contributed by atoms with Crippen molar-refractivity contribution in [3.8, 4) is 0 Å². The second-order valence-electron chi connectivity index (χ2n) is 6.23. The molecule has 0 saturated heterocycles. The molecule has 4 rings (SSSR count). The van der Waals surface area contributed by atoms with Crippen LogP contribution in [0.15, 0.2) is 23.1 Å². The highest BCUT2D eigenvalue weighted by molar-refractivity contribution is 5.74. The summed E-state index contributed by atoms with van der Waals surface area (Å²) in [6.07, 6.45) is 2.70. The van der Waals surface area contributed by atoms with Crippen molar-refractivity contribution in [2.24, 2.45) is 7.05 Å². The topological polar surface area (TPSA) is 66.8 Å². The van der Waals surface area contributed by atoms with Gasteiger partial charge in [0.15, 0.2) is 17.3 Å². The first kappa shape index (κ1) is 15.7. The van der Waals surface area contributed by atoms with Crippen LogP contribution in [0.5, 0.6) is 0 Å². The number of aromatic amines is 1. The predicted molar refractivity (Wildman–Crippen MR) is 89.6 cm³/mol. The summed E-state index contributed by atoms with van der Waals surface area (Å²) in [6.45, 7) is 2.53. The lowest BCUT2D eigenvalue weighted by atomic mass is 9.91. The van der Waals surface area contributed by atoms with Crippen LogP contribution in [0.2, 0.25) is 0 Å². The largest absolute Gasteiger partial charge is 0.335 e. The highest BCUT2D eigenvalue weighted by Gasteiger charge is 2.29. The number of nitrogens with zero attached hydrogens (tertiary/aromatic N) is 4. The third kappa shape index (κ3) is 2.40. The van der Waals surface area contributed by atoms with E-state index in [2.05, 4.69) is 15.1 Å². The molecular weight excluding hydrogens is 328 g/mol. The van der Waals surface area contributed by atoms with Crippen molar-refractivity contribution >= 4 is 17.0 Å². The van der Waals surface area contributed by atoms with Gasteiger partial charge in [0.05, 0.1) is 12.2 Å². The summed E-state index contributed by atoms with van der Waals surface area (Å²) in [6, 6.07) is 2.34. The van der Waals surface area contributed by atoms with Gasteiger partial charge in [-0.2, -0.15) is 10.1 Å². The van der Waals surface area contributed by atoms with E-state index in [1.165, 1.54) is 18.3 Å². The van der Waals surface area contributed by atoms with Crippen molar-refractivity contribution in [2.75, 3.05) is 11.4 Å². The Morgan fingerprint density at radius 3 is 2.84 bits per heavy atom. The molecule has 130 valence electrons. The molecule has 6 nitrogen and oxygen atoms in total. The maximum atomic E-state index is 13.8. The zero-order chi connectivity index (χ0) is 17.7. The average molecular weight is 345 g/mol. The fraction of sp³-hybridized carbons (Fsp3) is 0.353. The van der Waals surface area contributed by atoms with Crippen molar-refractivity contribution in [1.82, 2.24) is 19.7 Å². The lowest BCUT2D eigenvalue weighted by molar-refractivity contribution is 0.491. The molecule has 0 bridgehead atoms. The number of hydrogen-bond acceptors (Lipinski definition) is 4. The van der Waals surface area contributed by atoms with Gasteiger partial charge in [0, 0.05) is 13.6 Å². The Morgan fingerprint density at radius 2 is 2.08 bits per heavy atom. The molecule has 0 saturated carbocycles. The Labute approximate surface area is 142 Å². The number of anilines is 1. The molecule has 0 aliphatic carbocycles. The van der Waals surface area contributed by atoms with Crippen LogP contribution in [0, 0.1) is 11.6 Å². The van der Waals surface area contributed by atoms with Crippen LogP contribution in [0.1, 0.15) is 30.5 Å². The molecule has 1 aliphatic heterocycles. The Bertz CT molecular complexity index is 1030. The maximum Gasteiger partial charge on any atom is 0.263 e. The molecule has 0 amide bonds. The molecule has 1 atom stereocenters. The first-order valence-corrected chi connectivity index (χ1v) is 8.16. The standard InChI is InChI=1S/C17H17F2N5O/c1-3-14-10-7-13(19)12(18)6-9(10)4-5-24(14)17-21-15-11(16(25)22-17)8-20-23(15)2/h6-8,14H,3-5H2,1-2H3,(H,21,22,25)/t14-/m1/s1. The van der Waals surface area contributed by atoms with Crippen molar-refractivity contribution < 1.29 is 8.78 Å².